The lowest BCUT2D eigenvalue weighted by Crippen LogP contribution is -2.45. The van der Waals surface area contributed by atoms with Gasteiger partial charge >= 0.3 is 5.69 Å². The van der Waals surface area contributed by atoms with E-state index in [4.69, 9.17) is 4.98 Å². The average molecular weight is 368 g/mol. The second kappa shape index (κ2) is 6.70. The first-order valence-corrected chi connectivity index (χ1v) is 9.17. The van der Waals surface area contributed by atoms with Gasteiger partial charge in [-0.3, -0.25) is 18.9 Å². The van der Waals surface area contributed by atoms with Crippen LogP contribution >= 0.6 is 0 Å². The van der Waals surface area contributed by atoms with Crippen molar-refractivity contribution in [2.45, 2.75) is 13.0 Å². The Morgan fingerprint density at radius 3 is 2.37 bits per heavy atom. The molecular formula is C19H24N6O2. The van der Waals surface area contributed by atoms with Gasteiger partial charge in [0.05, 0.1) is 6.04 Å². The van der Waals surface area contributed by atoms with Crippen LogP contribution in [0.5, 0.6) is 0 Å². The number of hydrogen-bond acceptors (Lipinski definition) is 5. The fraction of sp³-hybridized carbons (Fsp3) is 0.421. The van der Waals surface area contributed by atoms with Crippen LogP contribution in [0.4, 0.5) is 5.95 Å². The molecule has 4 rings (SSSR count). The van der Waals surface area contributed by atoms with Crippen LogP contribution in [0.25, 0.3) is 11.2 Å². The highest BCUT2D eigenvalue weighted by Gasteiger charge is 2.26. The first kappa shape index (κ1) is 17.5. The van der Waals surface area contributed by atoms with E-state index in [1.54, 1.807) is 7.05 Å². The van der Waals surface area contributed by atoms with Crippen molar-refractivity contribution in [3.63, 3.8) is 0 Å². The number of fused-ring (bicyclic) bond motifs is 1. The molecule has 0 spiro atoms. The number of likely N-dealkylation sites (N-methyl/N-ethyl adjacent to an activating group) is 1. The van der Waals surface area contributed by atoms with Crippen molar-refractivity contribution in [3.8, 4) is 0 Å². The summed E-state index contributed by atoms with van der Waals surface area (Å²) in [6.45, 7) is 5.57. The van der Waals surface area contributed by atoms with Crippen LogP contribution in [0.2, 0.25) is 0 Å². The molecule has 0 aliphatic carbocycles. The van der Waals surface area contributed by atoms with Gasteiger partial charge in [-0.2, -0.15) is 4.98 Å². The summed E-state index contributed by atoms with van der Waals surface area (Å²) in [5, 5.41) is 0. The SMILES string of the molecule is C[C@H](c1ccccc1)n1c(N2CCN(C)CC2)nc2c1c(=O)[nH]c(=O)n2C. The van der Waals surface area contributed by atoms with Crippen molar-refractivity contribution < 1.29 is 0 Å². The summed E-state index contributed by atoms with van der Waals surface area (Å²) >= 11 is 0. The molecule has 2 aromatic heterocycles. The first-order chi connectivity index (χ1) is 13.0. The van der Waals surface area contributed by atoms with Crippen molar-refractivity contribution in [3.05, 3.63) is 56.7 Å². The number of aromatic amines is 1. The zero-order valence-corrected chi connectivity index (χ0v) is 15.8. The molecule has 8 heteroatoms. The lowest BCUT2D eigenvalue weighted by Gasteiger charge is -2.34. The Kier molecular flexibility index (Phi) is 4.35. The van der Waals surface area contributed by atoms with Crippen LogP contribution < -0.4 is 16.1 Å². The van der Waals surface area contributed by atoms with Crippen LogP contribution in [-0.2, 0) is 7.05 Å². The highest BCUT2D eigenvalue weighted by molar-refractivity contribution is 5.75. The Balaban J connectivity index is 1.96. The van der Waals surface area contributed by atoms with Crippen molar-refractivity contribution in [2.75, 3.05) is 38.1 Å². The maximum atomic E-state index is 12.7. The molecule has 1 aliphatic rings. The standard InChI is InChI=1S/C19H24N6O2/c1-13(14-7-5-4-6-8-14)25-15-16(23(3)19(27)21-17(15)26)20-18(25)24-11-9-22(2)10-12-24/h4-8,13H,9-12H2,1-3H3,(H,21,26,27)/t13-/m1/s1. The summed E-state index contributed by atoms with van der Waals surface area (Å²) in [4.78, 5) is 36.4. The molecule has 0 amide bonds. The molecule has 1 aromatic carbocycles. The molecule has 1 atom stereocenters. The zero-order chi connectivity index (χ0) is 19.1. The fourth-order valence-corrected chi connectivity index (χ4v) is 3.67. The second-order valence-corrected chi connectivity index (χ2v) is 7.15. The number of hydrogen-bond donors (Lipinski definition) is 1. The van der Waals surface area contributed by atoms with Crippen molar-refractivity contribution >= 4 is 17.1 Å². The van der Waals surface area contributed by atoms with Crippen LogP contribution in [0.1, 0.15) is 18.5 Å². The van der Waals surface area contributed by atoms with Crippen LogP contribution in [0, 0.1) is 0 Å². The molecule has 0 bridgehead atoms. The lowest BCUT2D eigenvalue weighted by molar-refractivity contribution is 0.310. The van der Waals surface area contributed by atoms with Gasteiger partial charge in [-0.15, -0.1) is 0 Å². The van der Waals surface area contributed by atoms with Gasteiger partial charge in [0.25, 0.3) is 5.56 Å². The predicted molar refractivity (Wildman–Crippen MR) is 106 cm³/mol. The van der Waals surface area contributed by atoms with Gasteiger partial charge in [-0.05, 0) is 19.5 Å². The Hall–Kier alpha value is -2.87. The van der Waals surface area contributed by atoms with Gasteiger partial charge in [-0.25, -0.2) is 4.79 Å². The van der Waals surface area contributed by atoms with E-state index in [2.05, 4.69) is 28.8 Å². The fourth-order valence-electron chi connectivity index (χ4n) is 3.67. The minimum absolute atomic E-state index is 0.0931. The average Bonchev–Trinajstić information content (AvgIpc) is 3.08. The van der Waals surface area contributed by atoms with Crippen molar-refractivity contribution in [2.24, 2.45) is 7.05 Å². The maximum Gasteiger partial charge on any atom is 0.329 e. The predicted octanol–water partition coefficient (Wildman–Crippen LogP) is 0.784. The lowest BCUT2D eigenvalue weighted by atomic mass is 10.1. The van der Waals surface area contributed by atoms with E-state index in [0.29, 0.717) is 11.2 Å². The van der Waals surface area contributed by atoms with Gasteiger partial charge in [0.2, 0.25) is 5.95 Å². The van der Waals surface area contributed by atoms with Gasteiger partial charge in [0.15, 0.2) is 11.2 Å². The number of aromatic nitrogens is 4. The van der Waals surface area contributed by atoms with Gasteiger partial charge in [0.1, 0.15) is 0 Å². The second-order valence-electron chi connectivity index (χ2n) is 7.15. The molecule has 8 nitrogen and oxygen atoms in total. The molecule has 142 valence electrons. The van der Waals surface area contributed by atoms with Crippen LogP contribution in [0.3, 0.4) is 0 Å². The molecule has 3 heterocycles. The highest BCUT2D eigenvalue weighted by atomic mass is 16.2. The Labute approximate surface area is 156 Å². The summed E-state index contributed by atoms with van der Waals surface area (Å²) in [5.74, 6) is 0.737. The molecular weight excluding hydrogens is 344 g/mol. The number of imidazole rings is 1. The zero-order valence-electron chi connectivity index (χ0n) is 15.8. The number of benzene rings is 1. The monoisotopic (exact) mass is 368 g/mol. The molecule has 1 N–H and O–H groups in total. The first-order valence-electron chi connectivity index (χ1n) is 9.17. The smallest absolute Gasteiger partial charge is 0.329 e. The van der Waals surface area contributed by atoms with E-state index in [9.17, 15) is 9.59 Å². The van der Waals surface area contributed by atoms with Crippen molar-refractivity contribution in [1.82, 2.24) is 24.0 Å². The number of aryl methyl sites for hydroxylation is 1. The summed E-state index contributed by atoms with van der Waals surface area (Å²) in [7, 11) is 3.74. The molecule has 0 unspecified atom stereocenters. The van der Waals surface area contributed by atoms with Crippen molar-refractivity contribution in [1.29, 1.82) is 0 Å². The van der Waals surface area contributed by atoms with Crippen LogP contribution in [0.15, 0.2) is 39.9 Å². The molecule has 1 aliphatic heterocycles. The number of H-pyrrole nitrogens is 1. The van der Waals surface area contributed by atoms with Crippen LogP contribution in [-0.4, -0.2) is 57.2 Å². The molecule has 1 fully saturated rings. The number of nitrogens with one attached hydrogen (secondary N) is 1. The number of piperazine rings is 1. The van der Waals surface area contributed by atoms with E-state index in [0.717, 1.165) is 37.7 Å². The van der Waals surface area contributed by atoms with E-state index in [1.807, 2.05) is 34.9 Å². The normalized spacial score (nSPS) is 16.8. The van der Waals surface area contributed by atoms with E-state index in [-0.39, 0.29) is 6.04 Å². The number of anilines is 1. The Morgan fingerprint density at radius 1 is 1.04 bits per heavy atom. The summed E-state index contributed by atoms with van der Waals surface area (Å²) in [5.41, 5.74) is 1.08. The third-order valence-electron chi connectivity index (χ3n) is 5.39. The number of rotatable bonds is 3. The molecule has 0 saturated carbocycles. The molecule has 27 heavy (non-hydrogen) atoms. The molecule has 1 saturated heterocycles. The summed E-state index contributed by atoms with van der Waals surface area (Å²) in [6, 6.07) is 9.94. The minimum atomic E-state index is -0.450. The number of nitrogens with zero attached hydrogens (tertiary/aromatic N) is 5. The topological polar surface area (TPSA) is 79.2 Å². The third kappa shape index (κ3) is 2.95. The van der Waals surface area contributed by atoms with E-state index in [1.165, 1.54) is 4.57 Å². The Morgan fingerprint density at radius 2 is 1.70 bits per heavy atom. The van der Waals surface area contributed by atoms with Gasteiger partial charge < -0.3 is 9.80 Å². The maximum absolute atomic E-state index is 12.7. The van der Waals surface area contributed by atoms with E-state index < -0.39 is 11.2 Å². The summed E-state index contributed by atoms with van der Waals surface area (Å²) in [6.07, 6.45) is 0. The quantitative estimate of drug-likeness (QED) is 0.739. The van der Waals surface area contributed by atoms with Gasteiger partial charge in [0, 0.05) is 33.2 Å². The van der Waals surface area contributed by atoms with E-state index >= 15 is 0 Å². The third-order valence-corrected chi connectivity index (χ3v) is 5.39. The Bertz CT molecular complexity index is 1070. The molecule has 3 aromatic rings. The largest absolute Gasteiger partial charge is 0.340 e. The van der Waals surface area contributed by atoms with Gasteiger partial charge in [-0.1, -0.05) is 30.3 Å². The minimum Gasteiger partial charge on any atom is -0.340 e. The summed E-state index contributed by atoms with van der Waals surface area (Å²) < 4.78 is 3.37. The molecule has 0 radical (unpaired) electrons. The highest BCUT2D eigenvalue weighted by Crippen LogP contribution is 2.29.